The van der Waals surface area contributed by atoms with E-state index in [4.69, 9.17) is 15.5 Å². The zero-order chi connectivity index (χ0) is 27.7. The molecular formula is C27H26F3N7O2. The van der Waals surface area contributed by atoms with Gasteiger partial charge in [-0.25, -0.2) is 19.9 Å². The first kappa shape index (κ1) is 26.3. The summed E-state index contributed by atoms with van der Waals surface area (Å²) in [5.74, 6) is 1.54. The van der Waals surface area contributed by atoms with E-state index in [1.165, 1.54) is 20.4 Å². The van der Waals surface area contributed by atoms with Gasteiger partial charge in [-0.05, 0) is 50.0 Å². The first-order chi connectivity index (χ1) is 18.6. The lowest BCUT2D eigenvalue weighted by molar-refractivity contribution is -0.119. The van der Waals surface area contributed by atoms with Gasteiger partial charge in [-0.1, -0.05) is 12.1 Å². The second-order valence-corrected chi connectivity index (χ2v) is 9.46. The highest BCUT2D eigenvalue weighted by atomic mass is 19.4. The van der Waals surface area contributed by atoms with E-state index in [-0.39, 0.29) is 18.2 Å². The van der Waals surface area contributed by atoms with Gasteiger partial charge in [0, 0.05) is 29.8 Å². The molecule has 0 atom stereocenters. The number of aromatic nitrogens is 4. The van der Waals surface area contributed by atoms with E-state index in [1.54, 1.807) is 35.4 Å². The molecule has 1 aliphatic carbocycles. The van der Waals surface area contributed by atoms with Crippen LogP contribution in [0.15, 0.2) is 53.6 Å². The van der Waals surface area contributed by atoms with Crippen molar-refractivity contribution in [2.24, 2.45) is 10.7 Å². The van der Waals surface area contributed by atoms with Crippen LogP contribution in [0.1, 0.15) is 48.9 Å². The molecule has 39 heavy (non-hydrogen) atoms. The third kappa shape index (κ3) is 5.74. The maximum absolute atomic E-state index is 13.0. The van der Waals surface area contributed by atoms with Crippen LogP contribution in [-0.4, -0.2) is 44.8 Å². The summed E-state index contributed by atoms with van der Waals surface area (Å²) in [4.78, 5) is 36.9. The number of anilines is 1. The fraction of sp³-hybridized carbons (Fsp3) is 0.333. The zero-order valence-corrected chi connectivity index (χ0v) is 21.4. The fourth-order valence-electron chi connectivity index (χ4n) is 4.40. The molecule has 1 saturated carbocycles. The summed E-state index contributed by atoms with van der Waals surface area (Å²) >= 11 is 0. The first-order valence-electron chi connectivity index (χ1n) is 12.4. The zero-order valence-electron chi connectivity index (χ0n) is 21.4. The van der Waals surface area contributed by atoms with Crippen LogP contribution in [0.3, 0.4) is 0 Å². The number of nitrogens with two attached hydrogens (primary N) is 1. The minimum atomic E-state index is -4.61. The van der Waals surface area contributed by atoms with Gasteiger partial charge in [-0.2, -0.15) is 13.2 Å². The molecule has 202 valence electrons. The van der Waals surface area contributed by atoms with Gasteiger partial charge in [0.1, 0.15) is 23.4 Å². The standard InChI is InChI=1S/C27H26F3N7O2/c1-15(11-20(31)27(28,29)30)35-19-8-3-16(4-9-19)13-37-21(38)10-7-18-12-32-24(36-25(18)37)22-23(17-5-6-17)33-14-34-26(22)39-2/h3-4,8-9,11-12,14,17H,5-7,10,13,31H2,1-2H3. The van der Waals surface area contributed by atoms with Crippen molar-refractivity contribution >= 4 is 23.1 Å². The number of benzene rings is 1. The Kier molecular flexibility index (Phi) is 7.02. The van der Waals surface area contributed by atoms with Crippen molar-refractivity contribution in [2.75, 3.05) is 12.0 Å². The molecule has 2 N–H and O–H groups in total. The van der Waals surface area contributed by atoms with Gasteiger partial charge in [0.05, 0.1) is 25.0 Å². The number of carbonyl (C=O) groups is 1. The number of hydrogen-bond donors (Lipinski definition) is 1. The number of methoxy groups -OCH3 is 1. The predicted octanol–water partition coefficient (Wildman–Crippen LogP) is 4.80. The monoisotopic (exact) mass is 537 g/mol. The number of halogens is 3. The number of alkyl halides is 3. The third-order valence-corrected chi connectivity index (χ3v) is 6.50. The lowest BCUT2D eigenvalue weighted by atomic mass is 10.0. The summed E-state index contributed by atoms with van der Waals surface area (Å²) in [6, 6.07) is 6.88. The van der Waals surface area contributed by atoms with E-state index in [1.807, 2.05) is 0 Å². The van der Waals surface area contributed by atoms with Gasteiger partial charge in [0.15, 0.2) is 5.82 Å². The number of amides is 1. The van der Waals surface area contributed by atoms with Crippen molar-refractivity contribution in [1.82, 2.24) is 19.9 Å². The van der Waals surface area contributed by atoms with Crippen LogP contribution in [-0.2, 0) is 17.8 Å². The van der Waals surface area contributed by atoms with Crippen LogP contribution in [0, 0.1) is 0 Å². The van der Waals surface area contributed by atoms with Crippen molar-refractivity contribution < 1.29 is 22.7 Å². The highest BCUT2D eigenvalue weighted by Gasteiger charge is 2.33. The number of allylic oxidation sites excluding steroid dienone is 2. The van der Waals surface area contributed by atoms with E-state index in [2.05, 4.69) is 19.9 Å². The second kappa shape index (κ2) is 10.4. The SMILES string of the molecule is COc1ncnc(C2CC2)c1-c1ncc2c(n1)N(Cc1ccc(N=C(C)C=C(N)C(F)(F)F)cc1)C(=O)CC2. The number of hydrogen-bond acceptors (Lipinski definition) is 8. The highest BCUT2D eigenvalue weighted by Crippen LogP contribution is 2.45. The summed E-state index contributed by atoms with van der Waals surface area (Å²) < 4.78 is 43.5. The van der Waals surface area contributed by atoms with Gasteiger partial charge < -0.3 is 10.5 Å². The largest absolute Gasteiger partial charge is 0.480 e. The first-order valence-corrected chi connectivity index (χ1v) is 12.4. The summed E-state index contributed by atoms with van der Waals surface area (Å²) in [7, 11) is 1.54. The van der Waals surface area contributed by atoms with Crippen LogP contribution in [0.5, 0.6) is 5.88 Å². The average molecular weight is 538 g/mol. The van der Waals surface area contributed by atoms with E-state index in [0.717, 1.165) is 35.7 Å². The van der Waals surface area contributed by atoms with Crippen molar-refractivity contribution in [1.29, 1.82) is 0 Å². The van der Waals surface area contributed by atoms with Gasteiger partial charge in [-0.15, -0.1) is 0 Å². The molecule has 9 nitrogen and oxygen atoms in total. The number of ether oxygens (including phenoxy) is 1. The molecule has 2 aromatic heterocycles. The number of nitrogens with zero attached hydrogens (tertiary/aromatic N) is 6. The van der Waals surface area contributed by atoms with Crippen molar-refractivity contribution in [3.63, 3.8) is 0 Å². The van der Waals surface area contributed by atoms with Crippen molar-refractivity contribution in [2.45, 2.75) is 51.2 Å². The minimum Gasteiger partial charge on any atom is -0.480 e. The molecule has 2 aliphatic rings. The molecule has 0 bridgehead atoms. The molecule has 3 heterocycles. The summed E-state index contributed by atoms with van der Waals surface area (Å²) in [6.45, 7) is 1.69. The van der Waals surface area contributed by atoms with Gasteiger partial charge in [-0.3, -0.25) is 14.7 Å². The van der Waals surface area contributed by atoms with E-state index >= 15 is 0 Å². The number of fused-ring (bicyclic) bond motifs is 1. The Bertz CT molecular complexity index is 1470. The molecule has 3 aromatic rings. The van der Waals surface area contributed by atoms with Crippen LogP contribution in [0.25, 0.3) is 11.4 Å². The summed E-state index contributed by atoms with van der Waals surface area (Å²) in [5, 5.41) is 0. The normalized spacial score (nSPS) is 16.3. The number of rotatable bonds is 7. The maximum Gasteiger partial charge on any atom is 0.430 e. The molecule has 5 rings (SSSR count). The molecule has 1 fully saturated rings. The van der Waals surface area contributed by atoms with Crippen LogP contribution < -0.4 is 15.4 Å². The summed E-state index contributed by atoms with van der Waals surface area (Å²) in [6.07, 6.45) is 2.29. The number of aliphatic imine (C=N–C) groups is 1. The topological polar surface area (TPSA) is 119 Å². The average Bonchev–Trinajstić information content (AvgIpc) is 3.75. The minimum absolute atomic E-state index is 0.0726. The van der Waals surface area contributed by atoms with Crippen LogP contribution >= 0.6 is 0 Å². The van der Waals surface area contributed by atoms with Crippen molar-refractivity contribution in [3.05, 3.63) is 65.4 Å². The van der Waals surface area contributed by atoms with Crippen LogP contribution in [0.4, 0.5) is 24.7 Å². The smallest absolute Gasteiger partial charge is 0.430 e. The lowest BCUT2D eigenvalue weighted by Crippen LogP contribution is -2.35. The Morgan fingerprint density at radius 1 is 1.18 bits per heavy atom. The molecule has 0 radical (unpaired) electrons. The molecule has 12 heteroatoms. The molecule has 0 saturated heterocycles. The Labute approximate surface area is 222 Å². The number of carbonyl (C=O) groups excluding carboxylic acids is 1. The third-order valence-electron chi connectivity index (χ3n) is 6.50. The lowest BCUT2D eigenvalue weighted by Gasteiger charge is -2.28. The van der Waals surface area contributed by atoms with E-state index < -0.39 is 11.9 Å². The van der Waals surface area contributed by atoms with Gasteiger partial charge >= 0.3 is 6.18 Å². The second-order valence-electron chi connectivity index (χ2n) is 9.46. The molecule has 0 unspecified atom stereocenters. The van der Waals surface area contributed by atoms with Gasteiger partial charge in [0.25, 0.3) is 0 Å². The quantitative estimate of drug-likeness (QED) is 0.430. The molecular weight excluding hydrogens is 511 g/mol. The Hall–Kier alpha value is -4.35. The molecule has 0 spiro atoms. The molecule has 1 aromatic carbocycles. The highest BCUT2D eigenvalue weighted by molar-refractivity contribution is 5.96. The molecule has 1 amide bonds. The van der Waals surface area contributed by atoms with Crippen LogP contribution in [0.2, 0.25) is 0 Å². The van der Waals surface area contributed by atoms with E-state index in [9.17, 15) is 18.0 Å². The Morgan fingerprint density at radius 2 is 1.92 bits per heavy atom. The predicted molar refractivity (Wildman–Crippen MR) is 139 cm³/mol. The Balaban J connectivity index is 1.42. The number of aryl methyl sites for hydroxylation is 1. The Morgan fingerprint density at radius 3 is 2.59 bits per heavy atom. The fourth-order valence-corrected chi connectivity index (χ4v) is 4.40. The van der Waals surface area contributed by atoms with Gasteiger partial charge in [0.2, 0.25) is 11.8 Å². The van der Waals surface area contributed by atoms with Crippen molar-refractivity contribution in [3.8, 4) is 17.3 Å². The van der Waals surface area contributed by atoms with E-state index in [0.29, 0.717) is 47.5 Å². The maximum atomic E-state index is 13.0. The summed E-state index contributed by atoms with van der Waals surface area (Å²) in [5.41, 5.74) is 7.57. The molecule has 1 aliphatic heterocycles.